The molecule has 7 nitrogen and oxygen atoms in total. The highest BCUT2D eigenvalue weighted by Gasteiger charge is 2.21. The van der Waals surface area contributed by atoms with Gasteiger partial charge >= 0.3 is 0 Å². The van der Waals surface area contributed by atoms with Crippen molar-refractivity contribution in [1.82, 2.24) is 25.8 Å². The summed E-state index contributed by atoms with van der Waals surface area (Å²) < 4.78 is 0. The average Bonchev–Trinajstić information content (AvgIpc) is 2.63. The van der Waals surface area contributed by atoms with Gasteiger partial charge in [-0.15, -0.1) is 10.2 Å². The van der Waals surface area contributed by atoms with Gasteiger partial charge in [-0.1, -0.05) is 38.5 Å². The molecule has 2 amide bonds. The van der Waals surface area contributed by atoms with E-state index in [1.807, 2.05) is 0 Å². The molecule has 0 aromatic carbocycles. The molecule has 1 aromatic rings. The Morgan fingerprint density at radius 2 is 1.33 bits per heavy atom. The number of nitrogens with zero attached hydrogens (tertiary/aromatic N) is 3. The zero-order chi connectivity index (χ0) is 16.8. The molecule has 0 atom stereocenters. The van der Waals surface area contributed by atoms with Crippen LogP contribution in [0.4, 0.5) is 0 Å². The summed E-state index contributed by atoms with van der Waals surface area (Å²) in [5.74, 6) is -0.551. The van der Waals surface area contributed by atoms with Crippen LogP contribution in [-0.4, -0.2) is 39.1 Å². The van der Waals surface area contributed by atoms with E-state index in [1.165, 1.54) is 19.0 Å². The molecule has 2 N–H and O–H groups in total. The van der Waals surface area contributed by atoms with E-state index in [0.29, 0.717) is 0 Å². The lowest BCUT2D eigenvalue weighted by Gasteiger charge is -2.22. The number of amides is 2. The summed E-state index contributed by atoms with van der Waals surface area (Å²) in [5.41, 5.74) is 0.162. The van der Waals surface area contributed by atoms with Gasteiger partial charge in [0.15, 0.2) is 5.69 Å². The SMILES string of the molecule is O=C(NC1CCCCC1)c1cnc(C(=O)NC2CCCCC2)nn1. The third-order valence-electron chi connectivity index (χ3n) is 4.88. The highest BCUT2D eigenvalue weighted by atomic mass is 16.2. The first-order chi connectivity index (χ1) is 11.7. The lowest BCUT2D eigenvalue weighted by atomic mass is 9.95. The van der Waals surface area contributed by atoms with Gasteiger partial charge in [0.25, 0.3) is 11.8 Å². The van der Waals surface area contributed by atoms with E-state index in [0.717, 1.165) is 51.4 Å². The Labute approximate surface area is 142 Å². The summed E-state index contributed by atoms with van der Waals surface area (Å²) >= 11 is 0. The quantitative estimate of drug-likeness (QED) is 0.879. The normalized spacial score (nSPS) is 19.7. The van der Waals surface area contributed by atoms with Crippen molar-refractivity contribution >= 4 is 11.8 Å². The molecule has 7 heteroatoms. The monoisotopic (exact) mass is 331 g/mol. The number of hydrogen-bond acceptors (Lipinski definition) is 5. The van der Waals surface area contributed by atoms with E-state index in [2.05, 4.69) is 25.8 Å². The molecule has 2 saturated carbocycles. The number of aromatic nitrogens is 3. The number of carbonyl (C=O) groups excluding carboxylic acids is 2. The van der Waals surface area contributed by atoms with Crippen molar-refractivity contribution in [2.75, 3.05) is 0 Å². The minimum Gasteiger partial charge on any atom is -0.348 e. The molecule has 0 saturated heterocycles. The largest absolute Gasteiger partial charge is 0.348 e. The van der Waals surface area contributed by atoms with Crippen LogP contribution in [0, 0.1) is 0 Å². The Balaban J connectivity index is 1.53. The zero-order valence-electron chi connectivity index (χ0n) is 14.0. The molecule has 0 unspecified atom stereocenters. The molecule has 1 aromatic heterocycles. The molecule has 2 aliphatic rings. The van der Waals surface area contributed by atoms with Gasteiger partial charge in [-0.3, -0.25) is 9.59 Å². The first-order valence-corrected chi connectivity index (χ1v) is 9.04. The molecule has 2 fully saturated rings. The molecule has 0 aliphatic heterocycles. The predicted molar refractivity (Wildman–Crippen MR) is 88.5 cm³/mol. The second-order valence-electron chi connectivity index (χ2n) is 6.78. The highest BCUT2D eigenvalue weighted by Crippen LogP contribution is 2.18. The fourth-order valence-electron chi connectivity index (χ4n) is 3.49. The predicted octanol–water partition coefficient (Wildman–Crippen LogP) is 2.00. The van der Waals surface area contributed by atoms with Crippen molar-refractivity contribution in [1.29, 1.82) is 0 Å². The van der Waals surface area contributed by atoms with E-state index in [1.54, 1.807) is 0 Å². The lowest BCUT2D eigenvalue weighted by molar-refractivity contribution is 0.0900. The topological polar surface area (TPSA) is 96.9 Å². The maximum atomic E-state index is 12.2. The molecule has 130 valence electrons. The second-order valence-corrected chi connectivity index (χ2v) is 6.78. The molecule has 2 aliphatic carbocycles. The van der Waals surface area contributed by atoms with Crippen molar-refractivity contribution in [3.63, 3.8) is 0 Å². The minimum atomic E-state index is -0.311. The van der Waals surface area contributed by atoms with Gasteiger partial charge in [0.05, 0.1) is 6.20 Å². The number of rotatable bonds is 4. The fraction of sp³-hybridized carbons (Fsp3) is 0.706. The van der Waals surface area contributed by atoms with Crippen LogP contribution < -0.4 is 10.6 Å². The Morgan fingerprint density at radius 3 is 1.83 bits per heavy atom. The van der Waals surface area contributed by atoms with E-state index in [-0.39, 0.29) is 35.4 Å². The summed E-state index contributed by atoms with van der Waals surface area (Å²) in [6.07, 6.45) is 12.4. The molecule has 0 spiro atoms. The molecule has 24 heavy (non-hydrogen) atoms. The van der Waals surface area contributed by atoms with Crippen LogP contribution in [0.2, 0.25) is 0 Å². The smallest absolute Gasteiger partial charge is 0.291 e. The maximum absolute atomic E-state index is 12.2. The van der Waals surface area contributed by atoms with Crippen LogP contribution in [0.25, 0.3) is 0 Å². The van der Waals surface area contributed by atoms with Gasteiger partial charge in [0.1, 0.15) is 0 Å². The van der Waals surface area contributed by atoms with Crippen LogP contribution in [0.3, 0.4) is 0 Å². The lowest BCUT2D eigenvalue weighted by Crippen LogP contribution is -2.38. The van der Waals surface area contributed by atoms with E-state index in [9.17, 15) is 9.59 Å². The molecule has 0 radical (unpaired) electrons. The molecular weight excluding hydrogens is 306 g/mol. The summed E-state index contributed by atoms with van der Waals surface area (Å²) in [4.78, 5) is 28.3. The third-order valence-corrected chi connectivity index (χ3v) is 4.88. The van der Waals surface area contributed by atoms with Crippen LogP contribution >= 0.6 is 0 Å². The molecule has 1 heterocycles. The van der Waals surface area contributed by atoms with Crippen LogP contribution in [0.1, 0.15) is 85.3 Å². The summed E-state index contributed by atoms with van der Waals surface area (Å²) in [7, 11) is 0. The summed E-state index contributed by atoms with van der Waals surface area (Å²) in [6.45, 7) is 0. The van der Waals surface area contributed by atoms with Crippen molar-refractivity contribution in [2.24, 2.45) is 0 Å². The van der Waals surface area contributed by atoms with Crippen LogP contribution in [0.5, 0.6) is 0 Å². The molecular formula is C17H25N5O2. The number of nitrogens with one attached hydrogen (secondary N) is 2. The van der Waals surface area contributed by atoms with E-state index >= 15 is 0 Å². The van der Waals surface area contributed by atoms with Crippen molar-refractivity contribution in [3.05, 3.63) is 17.7 Å². The fourth-order valence-corrected chi connectivity index (χ4v) is 3.49. The standard InChI is InChI=1S/C17H25N5O2/c23-16(19-12-7-3-1-4-8-12)14-11-18-15(22-21-14)17(24)20-13-9-5-2-6-10-13/h11-13H,1-10H2,(H,19,23)(H,20,24). The van der Waals surface area contributed by atoms with Crippen molar-refractivity contribution in [2.45, 2.75) is 76.3 Å². The minimum absolute atomic E-state index is 0.0230. The Hall–Kier alpha value is -2.05. The van der Waals surface area contributed by atoms with Gasteiger partial charge < -0.3 is 10.6 Å². The maximum Gasteiger partial charge on any atom is 0.291 e. The first kappa shape index (κ1) is 16.8. The Kier molecular flexibility index (Phi) is 5.72. The van der Waals surface area contributed by atoms with E-state index in [4.69, 9.17) is 0 Å². The summed E-state index contributed by atoms with van der Waals surface area (Å²) in [6, 6.07) is 0.409. The molecule has 0 bridgehead atoms. The van der Waals surface area contributed by atoms with Gasteiger partial charge in [0, 0.05) is 12.1 Å². The average molecular weight is 331 g/mol. The summed E-state index contributed by atoms with van der Waals surface area (Å²) in [5, 5.41) is 13.6. The van der Waals surface area contributed by atoms with E-state index < -0.39 is 0 Å². The highest BCUT2D eigenvalue weighted by molar-refractivity contribution is 5.93. The second kappa shape index (κ2) is 8.17. The van der Waals surface area contributed by atoms with Gasteiger partial charge in [-0.05, 0) is 25.7 Å². The van der Waals surface area contributed by atoms with Gasteiger partial charge in [-0.25, -0.2) is 4.98 Å². The van der Waals surface area contributed by atoms with Crippen molar-refractivity contribution < 1.29 is 9.59 Å². The third kappa shape index (κ3) is 4.49. The Morgan fingerprint density at radius 1 is 0.792 bits per heavy atom. The molecule has 3 rings (SSSR count). The Bertz CT molecular complexity index is 512. The zero-order valence-corrected chi connectivity index (χ0v) is 14.0. The van der Waals surface area contributed by atoms with Gasteiger partial charge in [0.2, 0.25) is 5.82 Å². The number of hydrogen-bond donors (Lipinski definition) is 2. The van der Waals surface area contributed by atoms with Crippen LogP contribution in [-0.2, 0) is 0 Å². The van der Waals surface area contributed by atoms with Crippen molar-refractivity contribution in [3.8, 4) is 0 Å². The van der Waals surface area contributed by atoms with Crippen LogP contribution in [0.15, 0.2) is 6.20 Å². The number of carbonyl (C=O) groups is 2. The first-order valence-electron chi connectivity index (χ1n) is 9.04. The van der Waals surface area contributed by atoms with Gasteiger partial charge in [-0.2, -0.15) is 0 Å².